The molecule has 4 heteroatoms. The van der Waals surface area contributed by atoms with Crippen LogP contribution in [0.3, 0.4) is 0 Å². The Hall–Kier alpha value is -1.71. The van der Waals surface area contributed by atoms with Crippen LogP contribution in [0, 0.1) is 0 Å². The molecule has 0 fully saturated rings. The maximum absolute atomic E-state index is 6.28. The first-order valence-corrected chi connectivity index (χ1v) is 7.36. The summed E-state index contributed by atoms with van der Waals surface area (Å²) >= 11 is 6.28. The Bertz CT molecular complexity index is 601. The maximum atomic E-state index is 6.28. The van der Waals surface area contributed by atoms with Crippen molar-refractivity contribution in [3.63, 3.8) is 0 Å². The van der Waals surface area contributed by atoms with E-state index in [-0.39, 0.29) is 6.04 Å². The Kier molecular flexibility index (Phi) is 5.48. The van der Waals surface area contributed by atoms with Crippen LogP contribution in [0.4, 0.5) is 0 Å². The summed E-state index contributed by atoms with van der Waals surface area (Å²) in [5.41, 5.74) is 7.08. The van der Waals surface area contributed by atoms with Crippen LogP contribution in [-0.2, 0) is 6.42 Å². The maximum Gasteiger partial charge on any atom is 0.146 e. The van der Waals surface area contributed by atoms with Gasteiger partial charge in [0, 0.05) is 12.1 Å². The molecule has 0 heterocycles. The molecule has 0 bridgehead atoms. The summed E-state index contributed by atoms with van der Waals surface area (Å²) in [6.45, 7) is 2.08. The molecule has 112 valence electrons. The number of benzene rings is 2. The van der Waals surface area contributed by atoms with Crippen molar-refractivity contribution < 1.29 is 9.47 Å². The van der Waals surface area contributed by atoms with Gasteiger partial charge < -0.3 is 15.2 Å². The molecular weight excluding hydrogens is 286 g/mol. The summed E-state index contributed by atoms with van der Waals surface area (Å²) in [5.74, 6) is 2.06. The highest BCUT2D eigenvalue weighted by Crippen LogP contribution is 2.31. The van der Waals surface area contributed by atoms with Crippen molar-refractivity contribution >= 4 is 11.6 Å². The van der Waals surface area contributed by atoms with E-state index in [4.69, 9.17) is 26.8 Å². The summed E-state index contributed by atoms with van der Waals surface area (Å²) in [6.07, 6.45) is 1.76. The second-order valence-corrected chi connectivity index (χ2v) is 5.33. The number of halogens is 1. The summed E-state index contributed by atoms with van der Waals surface area (Å²) in [7, 11) is 1.62. The predicted molar refractivity (Wildman–Crippen MR) is 86.5 cm³/mol. The normalized spacial score (nSPS) is 12.0. The van der Waals surface area contributed by atoms with E-state index in [9.17, 15) is 0 Å². The van der Waals surface area contributed by atoms with Crippen LogP contribution in [0.25, 0.3) is 0 Å². The van der Waals surface area contributed by atoms with Crippen LogP contribution in [0.15, 0.2) is 42.5 Å². The van der Waals surface area contributed by atoms with E-state index >= 15 is 0 Å². The first-order valence-electron chi connectivity index (χ1n) is 6.98. The summed E-state index contributed by atoms with van der Waals surface area (Å²) in [5, 5.41) is 0.582. The average Bonchev–Trinajstić information content (AvgIpc) is 2.50. The number of rotatable bonds is 6. The molecule has 0 aromatic heterocycles. The second kappa shape index (κ2) is 7.34. The van der Waals surface area contributed by atoms with Crippen molar-refractivity contribution in [3.8, 4) is 17.2 Å². The summed E-state index contributed by atoms with van der Waals surface area (Å²) < 4.78 is 11.0. The SMILES string of the molecule is CCC(N)Cc1ccc(Oc2cccc(OC)c2)c(Cl)c1. The molecule has 0 saturated carbocycles. The fourth-order valence-corrected chi connectivity index (χ4v) is 2.23. The van der Waals surface area contributed by atoms with Gasteiger partial charge in [-0.1, -0.05) is 30.7 Å². The third kappa shape index (κ3) is 4.38. The van der Waals surface area contributed by atoms with Gasteiger partial charge in [0.1, 0.15) is 17.2 Å². The van der Waals surface area contributed by atoms with Gasteiger partial charge >= 0.3 is 0 Å². The molecule has 0 aliphatic carbocycles. The molecule has 2 rings (SSSR count). The Morgan fingerprint density at radius 2 is 1.90 bits per heavy atom. The number of ether oxygens (including phenoxy) is 2. The Morgan fingerprint density at radius 3 is 2.57 bits per heavy atom. The van der Waals surface area contributed by atoms with Crippen LogP contribution in [-0.4, -0.2) is 13.2 Å². The number of nitrogens with two attached hydrogens (primary N) is 1. The first kappa shape index (κ1) is 15.7. The molecule has 0 aliphatic rings. The second-order valence-electron chi connectivity index (χ2n) is 4.92. The lowest BCUT2D eigenvalue weighted by molar-refractivity contribution is 0.409. The van der Waals surface area contributed by atoms with Crippen LogP contribution >= 0.6 is 11.6 Å². The third-order valence-electron chi connectivity index (χ3n) is 3.29. The molecule has 0 amide bonds. The van der Waals surface area contributed by atoms with Crippen LogP contribution in [0.2, 0.25) is 5.02 Å². The average molecular weight is 306 g/mol. The third-order valence-corrected chi connectivity index (χ3v) is 3.58. The van der Waals surface area contributed by atoms with Gasteiger partial charge in [0.2, 0.25) is 0 Å². The van der Waals surface area contributed by atoms with Crippen molar-refractivity contribution in [3.05, 3.63) is 53.1 Å². The standard InChI is InChI=1S/C17H20ClNO2/c1-3-13(19)9-12-7-8-17(16(18)10-12)21-15-6-4-5-14(11-15)20-2/h4-8,10-11,13H,3,9,19H2,1-2H3. The lowest BCUT2D eigenvalue weighted by atomic mass is 10.0. The van der Waals surface area contributed by atoms with E-state index in [0.29, 0.717) is 16.5 Å². The molecule has 2 aromatic rings. The highest BCUT2D eigenvalue weighted by Gasteiger charge is 2.07. The largest absolute Gasteiger partial charge is 0.497 e. The van der Waals surface area contributed by atoms with E-state index in [1.54, 1.807) is 7.11 Å². The fourth-order valence-electron chi connectivity index (χ4n) is 1.99. The van der Waals surface area contributed by atoms with Gasteiger partial charge in [0.25, 0.3) is 0 Å². The summed E-state index contributed by atoms with van der Waals surface area (Å²) in [6, 6.07) is 13.4. The lowest BCUT2D eigenvalue weighted by Gasteiger charge is -2.12. The minimum atomic E-state index is 0.159. The predicted octanol–water partition coefficient (Wildman–Crippen LogP) is 4.42. The van der Waals surface area contributed by atoms with Gasteiger partial charge in [0.05, 0.1) is 12.1 Å². The number of hydrogen-bond donors (Lipinski definition) is 1. The monoisotopic (exact) mass is 305 g/mol. The highest BCUT2D eigenvalue weighted by molar-refractivity contribution is 6.32. The van der Waals surface area contributed by atoms with E-state index in [1.807, 2.05) is 42.5 Å². The van der Waals surface area contributed by atoms with Gasteiger partial charge in [0.15, 0.2) is 0 Å². The van der Waals surface area contributed by atoms with Gasteiger partial charge in [-0.3, -0.25) is 0 Å². The van der Waals surface area contributed by atoms with Gasteiger partial charge in [-0.15, -0.1) is 0 Å². The topological polar surface area (TPSA) is 44.5 Å². The minimum Gasteiger partial charge on any atom is -0.497 e. The molecule has 3 nitrogen and oxygen atoms in total. The van der Waals surface area contributed by atoms with Crippen molar-refractivity contribution in [2.24, 2.45) is 5.73 Å². The molecule has 0 radical (unpaired) electrons. The zero-order chi connectivity index (χ0) is 15.2. The molecule has 2 aromatic carbocycles. The smallest absolute Gasteiger partial charge is 0.146 e. The van der Waals surface area contributed by atoms with E-state index in [2.05, 4.69) is 6.92 Å². The van der Waals surface area contributed by atoms with E-state index in [1.165, 1.54) is 0 Å². The van der Waals surface area contributed by atoms with Gasteiger partial charge in [-0.05, 0) is 42.7 Å². The molecule has 1 unspecified atom stereocenters. The molecule has 1 atom stereocenters. The highest BCUT2D eigenvalue weighted by atomic mass is 35.5. The molecule has 0 saturated heterocycles. The first-order chi connectivity index (χ1) is 10.1. The van der Waals surface area contributed by atoms with Crippen LogP contribution < -0.4 is 15.2 Å². The van der Waals surface area contributed by atoms with E-state index in [0.717, 1.165) is 24.2 Å². The molecule has 0 spiro atoms. The number of methoxy groups -OCH3 is 1. The van der Waals surface area contributed by atoms with Gasteiger partial charge in [-0.25, -0.2) is 0 Å². The van der Waals surface area contributed by atoms with Crippen molar-refractivity contribution in [2.45, 2.75) is 25.8 Å². The van der Waals surface area contributed by atoms with Gasteiger partial charge in [-0.2, -0.15) is 0 Å². The zero-order valence-corrected chi connectivity index (χ0v) is 13.1. The molecular formula is C17H20ClNO2. The lowest BCUT2D eigenvalue weighted by Crippen LogP contribution is -2.21. The Labute approximate surface area is 130 Å². The Morgan fingerprint density at radius 1 is 1.14 bits per heavy atom. The van der Waals surface area contributed by atoms with Crippen LogP contribution in [0.1, 0.15) is 18.9 Å². The summed E-state index contributed by atoms with van der Waals surface area (Å²) in [4.78, 5) is 0. The van der Waals surface area contributed by atoms with Crippen LogP contribution in [0.5, 0.6) is 17.2 Å². The quantitative estimate of drug-likeness (QED) is 0.859. The molecule has 21 heavy (non-hydrogen) atoms. The fraction of sp³-hybridized carbons (Fsp3) is 0.294. The minimum absolute atomic E-state index is 0.159. The zero-order valence-electron chi connectivity index (χ0n) is 12.3. The number of hydrogen-bond acceptors (Lipinski definition) is 3. The molecule has 0 aliphatic heterocycles. The van der Waals surface area contributed by atoms with E-state index < -0.39 is 0 Å². The van der Waals surface area contributed by atoms with Crippen molar-refractivity contribution in [1.29, 1.82) is 0 Å². The molecule has 2 N–H and O–H groups in total. The Balaban J connectivity index is 2.13. The van der Waals surface area contributed by atoms with Crippen molar-refractivity contribution in [2.75, 3.05) is 7.11 Å². The van der Waals surface area contributed by atoms with Crippen molar-refractivity contribution in [1.82, 2.24) is 0 Å².